The number of hydrogen-bond donors (Lipinski definition) is 0. The van der Waals surface area contributed by atoms with Gasteiger partial charge in [0.2, 0.25) is 0 Å². The van der Waals surface area contributed by atoms with Crippen LogP contribution in [0, 0.1) is 5.92 Å². The highest BCUT2D eigenvalue weighted by Gasteiger charge is 2.23. The number of amides is 1. The molecule has 142 valence electrons. The number of rotatable bonds is 5. The lowest BCUT2D eigenvalue weighted by atomic mass is 9.90. The van der Waals surface area contributed by atoms with Crippen LogP contribution in [0.4, 0.5) is 0 Å². The molecule has 1 saturated heterocycles. The van der Waals surface area contributed by atoms with Gasteiger partial charge in [0.05, 0.1) is 0 Å². The highest BCUT2D eigenvalue weighted by Crippen LogP contribution is 2.26. The number of fused-ring (bicyclic) bond motifs is 1. The lowest BCUT2D eigenvalue weighted by Crippen LogP contribution is -2.41. The summed E-state index contributed by atoms with van der Waals surface area (Å²) in [5, 5.41) is 0. The summed E-state index contributed by atoms with van der Waals surface area (Å²) in [6.07, 6.45) is 8.13. The molecule has 3 heteroatoms. The van der Waals surface area contributed by atoms with E-state index in [-0.39, 0.29) is 12.5 Å². The predicted molar refractivity (Wildman–Crippen MR) is 108 cm³/mol. The summed E-state index contributed by atoms with van der Waals surface area (Å²) in [6, 6.07) is 17.0. The average Bonchev–Trinajstić information content (AvgIpc) is 2.73. The third-order valence-corrected chi connectivity index (χ3v) is 6.02. The number of piperidine rings is 1. The Hall–Kier alpha value is -2.29. The number of aryl methyl sites for hydroxylation is 2. The first-order valence-electron chi connectivity index (χ1n) is 10.3. The molecule has 2 aromatic carbocycles. The summed E-state index contributed by atoms with van der Waals surface area (Å²) in [7, 11) is 0. The summed E-state index contributed by atoms with van der Waals surface area (Å²) in [6.45, 7) is 1.86. The normalized spacial score (nSPS) is 17.4. The van der Waals surface area contributed by atoms with Gasteiger partial charge in [0.1, 0.15) is 5.75 Å². The van der Waals surface area contributed by atoms with E-state index in [1.54, 1.807) is 0 Å². The van der Waals surface area contributed by atoms with Crippen molar-refractivity contribution in [2.45, 2.75) is 44.9 Å². The topological polar surface area (TPSA) is 29.5 Å². The molecule has 0 radical (unpaired) electrons. The number of ether oxygens (including phenoxy) is 1. The van der Waals surface area contributed by atoms with Crippen molar-refractivity contribution < 1.29 is 9.53 Å². The quantitative estimate of drug-likeness (QED) is 0.787. The highest BCUT2D eigenvalue weighted by atomic mass is 16.5. The van der Waals surface area contributed by atoms with E-state index in [4.69, 9.17) is 4.74 Å². The lowest BCUT2D eigenvalue weighted by Gasteiger charge is -2.32. The highest BCUT2D eigenvalue weighted by molar-refractivity contribution is 5.77. The van der Waals surface area contributed by atoms with Gasteiger partial charge in [-0.05, 0) is 79.7 Å². The monoisotopic (exact) mass is 363 g/mol. The van der Waals surface area contributed by atoms with E-state index in [0.717, 1.165) is 44.5 Å². The first-order valence-corrected chi connectivity index (χ1v) is 10.3. The van der Waals surface area contributed by atoms with E-state index in [9.17, 15) is 4.79 Å². The molecular formula is C24H29NO2. The van der Waals surface area contributed by atoms with E-state index in [1.165, 1.54) is 36.0 Å². The van der Waals surface area contributed by atoms with E-state index in [0.29, 0.717) is 5.92 Å². The zero-order valence-corrected chi connectivity index (χ0v) is 16.0. The van der Waals surface area contributed by atoms with Gasteiger partial charge in [-0.15, -0.1) is 0 Å². The Balaban J connectivity index is 1.24. The van der Waals surface area contributed by atoms with Crippen LogP contribution in [0.15, 0.2) is 48.5 Å². The molecule has 1 fully saturated rings. The van der Waals surface area contributed by atoms with Crippen LogP contribution in [-0.2, 0) is 24.1 Å². The zero-order chi connectivity index (χ0) is 18.5. The van der Waals surface area contributed by atoms with Crippen molar-refractivity contribution in [1.82, 2.24) is 4.90 Å². The van der Waals surface area contributed by atoms with Crippen LogP contribution in [0.25, 0.3) is 0 Å². The Morgan fingerprint density at radius 2 is 1.70 bits per heavy atom. The van der Waals surface area contributed by atoms with Crippen molar-refractivity contribution in [3.05, 3.63) is 65.2 Å². The van der Waals surface area contributed by atoms with E-state index in [2.05, 4.69) is 42.5 Å². The van der Waals surface area contributed by atoms with Crippen molar-refractivity contribution in [2.75, 3.05) is 19.7 Å². The molecule has 1 aliphatic carbocycles. The summed E-state index contributed by atoms with van der Waals surface area (Å²) >= 11 is 0. The molecule has 0 atom stereocenters. The molecule has 0 N–H and O–H groups in total. The van der Waals surface area contributed by atoms with Gasteiger partial charge in [-0.1, -0.05) is 36.4 Å². The summed E-state index contributed by atoms with van der Waals surface area (Å²) in [5.41, 5.74) is 4.24. The maximum absolute atomic E-state index is 12.5. The summed E-state index contributed by atoms with van der Waals surface area (Å²) in [5.74, 6) is 1.63. The predicted octanol–water partition coefficient (Wildman–Crippen LogP) is 4.43. The van der Waals surface area contributed by atoms with Crippen LogP contribution < -0.4 is 4.74 Å². The van der Waals surface area contributed by atoms with Crippen LogP contribution in [0.2, 0.25) is 0 Å². The van der Waals surface area contributed by atoms with Crippen LogP contribution >= 0.6 is 0 Å². The molecule has 4 rings (SSSR count). The van der Waals surface area contributed by atoms with E-state index in [1.807, 2.05) is 11.0 Å². The van der Waals surface area contributed by atoms with Gasteiger partial charge >= 0.3 is 0 Å². The molecule has 0 unspecified atom stereocenters. The van der Waals surface area contributed by atoms with Crippen molar-refractivity contribution in [2.24, 2.45) is 5.92 Å². The fourth-order valence-corrected chi connectivity index (χ4v) is 4.37. The van der Waals surface area contributed by atoms with Crippen LogP contribution in [-0.4, -0.2) is 30.5 Å². The Morgan fingerprint density at radius 3 is 2.48 bits per heavy atom. The van der Waals surface area contributed by atoms with Gasteiger partial charge in [-0.3, -0.25) is 4.79 Å². The molecule has 1 aliphatic heterocycles. The number of hydrogen-bond acceptors (Lipinski definition) is 2. The standard InChI is InChI=1S/C24H29NO2/c26-24(18-27-23-11-10-21-8-4-5-9-22(21)17-23)25-14-12-20(13-15-25)16-19-6-2-1-3-7-19/h1-3,6-7,10-11,17,20H,4-5,8-9,12-16,18H2. The van der Waals surface area contributed by atoms with Crippen molar-refractivity contribution in [3.63, 3.8) is 0 Å². The minimum absolute atomic E-state index is 0.117. The molecule has 2 aromatic rings. The fourth-order valence-electron chi connectivity index (χ4n) is 4.37. The Kier molecular flexibility index (Phi) is 5.76. The third kappa shape index (κ3) is 4.71. The Bertz CT molecular complexity index is 763. The number of carbonyl (C=O) groups excluding carboxylic acids is 1. The number of carbonyl (C=O) groups is 1. The van der Waals surface area contributed by atoms with Crippen LogP contribution in [0.3, 0.4) is 0 Å². The van der Waals surface area contributed by atoms with Crippen LogP contribution in [0.1, 0.15) is 42.4 Å². The smallest absolute Gasteiger partial charge is 0.260 e. The summed E-state index contributed by atoms with van der Waals surface area (Å²) < 4.78 is 5.82. The summed E-state index contributed by atoms with van der Waals surface area (Å²) in [4.78, 5) is 14.5. The van der Waals surface area contributed by atoms with E-state index < -0.39 is 0 Å². The van der Waals surface area contributed by atoms with Crippen molar-refractivity contribution in [1.29, 1.82) is 0 Å². The van der Waals surface area contributed by atoms with Crippen LogP contribution in [0.5, 0.6) is 5.75 Å². The molecule has 27 heavy (non-hydrogen) atoms. The van der Waals surface area contributed by atoms with Gasteiger partial charge in [0.15, 0.2) is 6.61 Å². The maximum Gasteiger partial charge on any atom is 0.260 e. The Labute approximate surface area is 162 Å². The van der Waals surface area contributed by atoms with Gasteiger partial charge in [0.25, 0.3) is 5.91 Å². The fraction of sp³-hybridized carbons (Fsp3) is 0.458. The number of likely N-dealkylation sites (tertiary alicyclic amines) is 1. The molecule has 0 aromatic heterocycles. The molecule has 3 nitrogen and oxygen atoms in total. The van der Waals surface area contributed by atoms with Gasteiger partial charge < -0.3 is 9.64 Å². The maximum atomic E-state index is 12.5. The molecule has 0 spiro atoms. The first-order chi connectivity index (χ1) is 13.3. The van der Waals surface area contributed by atoms with Gasteiger partial charge in [0, 0.05) is 13.1 Å². The lowest BCUT2D eigenvalue weighted by molar-refractivity contribution is -0.134. The van der Waals surface area contributed by atoms with Gasteiger partial charge in [-0.25, -0.2) is 0 Å². The number of nitrogens with zero attached hydrogens (tertiary/aromatic N) is 1. The van der Waals surface area contributed by atoms with Crippen molar-refractivity contribution in [3.8, 4) is 5.75 Å². The largest absolute Gasteiger partial charge is 0.484 e. The molecule has 0 bridgehead atoms. The van der Waals surface area contributed by atoms with Crippen molar-refractivity contribution >= 4 is 5.91 Å². The SMILES string of the molecule is O=C(COc1ccc2c(c1)CCCC2)N1CCC(Cc2ccccc2)CC1. The first kappa shape index (κ1) is 18.1. The molecule has 2 aliphatic rings. The average molecular weight is 364 g/mol. The second kappa shape index (κ2) is 8.60. The number of benzene rings is 2. The third-order valence-electron chi connectivity index (χ3n) is 6.02. The minimum Gasteiger partial charge on any atom is -0.484 e. The molecule has 0 saturated carbocycles. The van der Waals surface area contributed by atoms with Gasteiger partial charge in [-0.2, -0.15) is 0 Å². The second-order valence-corrected chi connectivity index (χ2v) is 7.94. The molecular weight excluding hydrogens is 334 g/mol. The second-order valence-electron chi connectivity index (χ2n) is 7.94. The molecule has 1 amide bonds. The zero-order valence-electron chi connectivity index (χ0n) is 16.0. The minimum atomic E-state index is 0.117. The van der Waals surface area contributed by atoms with E-state index >= 15 is 0 Å². The molecule has 1 heterocycles. The Morgan fingerprint density at radius 1 is 0.963 bits per heavy atom.